The molecule has 0 spiro atoms. The summed E-state index contributed by atoms with van der Waals surface area (Å²) in [6, 6.07) is 22.0. The Morgan fingerprint density at radius 1 is 1.07 bits per heavy atom. The third kappa shape index (κ3) is 6.08. The SMILES string of the molecule is O=C(O)COc1ccc(SCC=C(c2ccccc2)c2ccccc2F)c(I)c1. The number of carboxylic acids is 1. The van der Waals surface area contributed by atoms with E-state index in [0.29, 0.717) is 17.1 Å². The number of hydrogen-bond acceptors (Lipinski definition) is 3. The molecule has 0 radical (unpaired) electrons. The fourth-order valence-electron chi connectivity index (χ4n) is 2.73. The van der Waals surface area contributed by atoms with Gasteiger partial charge in [-0.25, -0.2) is 9.18 Å². The first-order chi connectivity index (χ1) is 14.0. The van der Waals surface area contributed by atoms with Gasteiger partial charge in [0.1, 0.15) is 11.6 Å². The van der Waals surface area contributed by atoms with Gasteiger partial charge >= 0.3 is 5.97 Å². The molecule has 0 fully saturated rings. The van der Waals surface area contributed by atoms with Gasteiger partial charge in [0.15, 0.2) is 6.61 Å². The normalized spacial score (nSPS) is 11.3. The second-order valence-electron chi connectivity index (χ2n) is 6.05. The number of aliphatic carboxylic acids is 1. The molecule has 0 saturated heterocycles. The lowest BCUT2D eigenvalue weighted by Gasteiger charge is -2.11. The van der Waals surface area contributed by atoms with Gasteiger partial charge in [-0.2, -0.15) is 0 Å². The van der Waals surface area contributed by atoms with Crippen molar-refractivity contribution in [2.45, 2.75) is 4.90 Å². The molecule has 0 aliphatic carbocycles. The van der Waals surface area contributed by atoms with Crippen LogP contribution in [0.25, 0.3) is 5.57 Å². The molecular weight excluding hydrogens is 502 g/mol. The van der Waals surface area contributed by atoms with Crippen LogP contribution in [0.5, 0.6) is 5.75 Å². The van der Waals surface area contributed by atoms with Gasteiger partial charge in [0, 0.05) is 19.8 Å². The van der Waals surface area contributed by atoms with E-state index in [4.69, 9.17) is 9.84 Å². The smallest absolute Gasteiger partial charge is 0.341 e. The number of carbonyl (C=O) groups is 1. The van der Waals surface area contributed by atoms with E-state index in [1.807, 2.05) is 54.6 Å². The molecule has 0 bridgehead atoms. The van der Waals surface area contributed by atoms with E-state index in [0.717, 1.165) is 19.6 Å². The van der Waals surface area contributed by atoms with Gasteiger partial charge in [0.05, 0.1) is 0 Å². The maximum atomic E-state index is 14.4. The minimum atomic E-state index is -1.01. The van der Waals surface area contributed by atoms with Crippen LogP contribution in [-0.4, -0.2) is 23.4 Å². The van der Waals surface area contributed by atoms with E-state index in [1.54, 1.807) is 30.0 Å². The molecule has 3 nitrogen and oxygen atoms in total. The molecule has 0 heterocycles. The minimum absolute atomic E-state index is 0.248. The molecular formula is C23H18FIO3S. The Morgan fingerprint density at radius 2 is 1.79 bits per heavy atom. The lowest BCUT2D eigenvalue weighted by molar-refractivity contribution is -0.139. The first kappa shape index (κ1) is 21.4. The summed E-state index contributed by atoms with van der Waals surface area (Å²) in [5, 5.41) is 8.71. The highest BCUT2D eigenvalue weighted by Gasteiger charge is 2.10. The Balaban J connectivity index is 1.78. The quantitative estimate of drug-likeness (QED) is 0.287. The first-order valence-corrected chi connectivity index (χ1v) is 10.9. The zero-order chi connectivity index (χ0) is 20.6. The second-order valence-corrected chi connectivity index (χ2v) is 8.27. The number of thioether (sulfide) groups is 1. The van der Waals surface area contributed by atoms with Crippen molar-refractivity contribution in [3.8, 4) is 5.75 Å². The maximum Gasteiger partial charge on any atom is 0.341 e. The van der Waals surface area contributed by atoms with E-state index in [9.17, 15) is 9.18 Å². The van der Waals surface area contributed by atoms with E-state index in [1.165, 1.54) is 6.07 Å². The van der Waals surface area contributed by atoms with Crippen LogP contribution in [0.4, 0.5) is 4.39 Å². The Morgan fingerprint density at radius 3 is 2.48 bits per heavy atom. The minimum Gasteiger partial charge on any atom is -0.482 e. The van der Waals surface area contributed by atoms with Crippen molar-refractivity contribution in [2.75, 3.05) is 12.4 Å². The molecule has 0 atom stereocenters. The number of ether oxygens (including phenoxy) is 1. The van der Waals surface area contributed by atoms with Crippen LogP contribution < -0.4 is 4.74 Å². The molecule has 3 rings (SSSR count). The lowest BCUT2D eigenvalue weighted by atomic mass is 9.97. The predicted molar refractivity (Wildman–Crippen MR) is 123 cm³/mol. The topological polar surface area (TPSA) is 46.5 Å². The van der Waals surface area contributed by atoms with E-state index >= 15 is 0 Å². The third-order valence-electron chi connectivity index (χ3n) is 4.04. The summed E-state index contributed by atoms with van der Waals surface area (Å²) in [5.41, 5.74) is 2.39. The molecule has 0 aliphatic rings. The Kier molecular flexibility index (Phi) is 7.71. The van der Waals surface area contributed by atoms with Gasteiger partial charge in [-0.15, -0.1) is 11.8 Å². The highest BCUT2D eigenvalue weighted by Crippen LogP contribution is 2.31. The summed E-state index contributed by atoms with van der Waals surface area (Å²) >= 11 is 3.83. The summed E-state index contributed by atoms with van der Waals surface area (Å²) in [7, 11) is 0. The molecule has 0 amide bonds. The predicted octanol–water partition coefficient (Wildman–Crippen LogP) is 6.12. The van der Waals surface area contributed by atoms with E-state index < -0.39 is 5.97 Å². The molecule has 0 aromatic heterocycles. The average molecular weight is 520 g/mol. The Bertz CT molecular complexity index is 1020. The summed E-state index contributed by atoms with van der Waals surface area (Å²) in [6.45, 7) is -0.367. The van der Waals surface area contributed by atoms with Crippen molar-refractivity contribution in [1.82, 2.24) is 0 Å². The van der Waals surface area contributed by atoms with Crippen LogP contribution in [0.1, 0.15) is 11.1 Å². The van der Waals surface area contributed by atoms with Crippen LogP contribution in [0.15, 0.2) is 83.8 Å². The molecule has 0 saturated carbocycles. The number of benzene rings is 3. The maximum absolute atomic E-state index is 14.4. The molecule has 3 aromatic carbocycles. The molecule has 0 aliphatic heterocycles. The summed E-state index contributed by atoms with van der Waals surface area (Å²) in [6.07, 6.45) is 2.03. The number of carboxylic acid groups (broad SMARTS) is 1. The lowest BCUT2D eigenvalue weighted by Crippen LogP contribution is -2.09. The van der Waals surface area contributed by atoms with E-state index in [-0.39, 0.29) is 12.4 Å². The summed E-state index contributed by atoms with van der Waals surface area (Å²) in [4.78, 5) is 11.7. The molecule has 3 aromatic rings. The van der Waals surface area contributed by atoms with Gasteiger partial charge in [-0.05, 0) is 58.0 Å². The zero-order valence-corrected chi connectivity index (χ0v) is 18.3. The van der Waals surface area contributed by atoms with Gasteiger partial charge in [-0.3, -0.25) is 0 Å². The second kappa shape index (κ2) is 10.5. The van der Waals surface area contributed by atoms with Gasteiger partial charge < -0.3 is 9.84 Å². The van der Waals surface area contributed by atoms with Crippen molar-refractivity contribution in [3.05, 3.63) is 99.4 Å². The molecule has 0 unspecified atom stereocenters. The van der Waals surface area contributed by atoms with Crippen molar-refractivity contribution in [1.29, 1.82) is 0 Å². The number of halogens is 2. The standard InChI is InChI=1S/C23H18FIO3S/c24-20-9-5-4-8-19(20)18(16-6-2-1-3-7-16)12-13-29-22-11-10-17(14-21(22)25)28-15-23(26)27/h1-12,14H,13,15H2,(H,26,27). The molecule has 29 heavy (non-hydrogen) atoms. The van der Waals surface area contributed by atoms with Crippen LogP contribution in [0.3, 0.4) is 0 Å². The molecule has 1 N–H and O–H groups in total. The average Bonchev–Trinajstić information content (AvgIpc) is 2.72. The monoisotopic (exact) mass is 520 g/mol. The van der Waals surface area contributed by atoms with Crippen molar-refractivity contribution >= 4 is 45.9 Å². The molecule has 148 valence electrons. The van der Waals surface area contributed by atoms with Gasteiger partial charge in [0.25, 0.3) is 0 Å². The van der Waals surface area contributed by atoms with Gasteiger partial charge in [-0.1, -0.05) is 54.6 Å². The first-order valence-electron chi connectivity index (χ1n) is 8.82. The summed E-state index contributed by atoms with van der Waals surface area (Å²) < 4.78 is 20.6. The Labute approximate surface area is 186 Å². The van der Waals surface area contributed by atoms with Crippen LogP contribution in [0.2, 0.25) is 0 Å². The number of rotatable bonds is 8. The van der Waals surface area contributed by atoms with Crippen molar-refractivity contribution < 1.29 is 19.0 Å². The number of hydrogen-bond donors (Lipinski definition) is 1. The van der Waals surface area contributed by atoms with Crippen LogP contribution in [0, 0.1) is 9.39 Å². The van der Waals surface area contributed by atoms with E-state index in [2.05, 4.69) is 22.6 Å². The highest BCUT2D eigenvalue weighted by atomic mass is 127. The van der Waals surface area contributed by atoms with Crippen LogP contribution >= 0.6 is 34.4 Å². The van der Waals surface area contributed by atoms with Crippen molar-refractivity contribution in [2.24, 2.45) is 0 Å². The van der Waals surface area contributed by atoms with Crippen LogP contribution in [-0.2, 0) is 4.79 Å². The Hall–Kier alpha value is -2.32. The molecule has 6 heteroatoms. The fraction of sp³-hybridized carbons (Fsp3) is 0.0870. The highest BCUT2D eigenvalue weighted by molar-refractivity contribution is 14.1. The van der Waals surface area contributed by atoms with Gasteiger partial charge in [0.2, 0.25) is 0 Å². The van der Waals surface area contributed by atoms with Crippen molar-refractivity contribution in [3.63, 3.8) is 0 Å². The summed E-state index contributed by atoms with van der Waals surface area (Å²) in [5.74, 6) is -0.0792. The third-order valence-corrected chi connectivity index (χ3v) is 6.30. The fourth-order valence-corrected chi connectivity index (χ4v) is 4.47. The largest absolute Gasteiger partial charge is 0.482 e. The zero-order valence-electron chi connectivity index (χ0n) is 15.3.